The summed E-state index contributed by atoms with van der Waals surface area (Å²) >= 11 is 0. The first-order valence-corrected chi connectivity index (χ1v) is 11.9. The number of hydrogen-bond donors (Lipinski definition) is 1. The highest BCUT2D eigenvalue weighted by Gasteiger charge is 2.45. The Morgan fingerprint density at radius 1 is 1.18 bits per heavy atom. The monoisotopic (exact) mass is 408 g/mol. The maximum atomic E-state index is 12.8. The van der Waals surface area contributed by atoms with Gasteiger partial charge in [-0.1, -0.05) is 25.1 Å². The molecule has 3 saturated heterocycles. The first-order chi connectivity index (χ1) is 13.4. The van der Waals surface area contributed by atoms with E-state index in [0.29, 0.717) is 23.9 Å². The zero-order valence-electron chi connectivity index (χ0n) is 16.7. The van der Waals surface area contributed by atoms with Gasteiger partial charge in [0.05, 0.1) is 23.7 Å². The standard InChI is InChI=1S/C21H32N2O4S/c1-17-7-10-22(15-20(17)24)14-18-13-21(16-27-18)8-11-23(12-9-21)28(25,26)19-5-3-2-4-6-19/h2-6,17-18,20,24H,7-16H2,1H3/t17-,18-,20-/m1/s1. The lowest BCUT2D eigenvalue weighted by Gasteiger charge is -2.38. The average Bonchev–Trinajstić information content (AvgIpc) is 3.08. The molecule has 0 aliphatic carbocycles. The maximum absolute atomic E-state index is 12.8. The van der Waals surface area contributed by atoms with E-state index < -0.39 is 10.0 Å². The smallest absolute Gasteiger partial charge is 0.243 e. The molecule has 0 aromatic heterocycles. The Morgan fingerprint density at radius 3 is 2.57 bits per heavy atom. The molecule has 156 valence electrons. The van der Waals surface area contributed by atoms with Crippen LogP contribution in [0.15, 0.2) is 35.2 Å². The number of aliphatic hydroxyl groups excluding tert-OH is 1. The van der Waals surface area contributed by atoms with Gasteiger partial charge in [0.1, 0.15) is 0 Å². The molecule has 1 aromatic carbocycles. The number of β-amino-alcohol motifs (C(OH)–C–C–N with tert-alkyl or cyclic N) is 1. The van der Waals surface area contributed by atoms with Gasteiger partial charge in [-0.05, 0) is 55.7 Å². The van der Waals surface area contributed by atoms with Crippen molar-refractivity contribution < 1.29 is 18.3 Å². The van der Waals surface area contributed by atoms with E-state index in [0.717, 1.165) is 51.9 Å². The molecule has 0 saturated carbocycles. The summed E-state index contributed by atoms with van der Waals surface area (Å²) in [6, 6.07) is 8.71. The highest BCUT2D eigenvalue weighted by molar-refractivity contribution is 7.89. The van der Waals surface area contributed by atoms with E-state index in [4.69, 9.17) is 4.74 Å². The Morgan fingerprint density at radius 2 is 1.89 bits per heavy atom. The predicted octanol–water partition coefficient (Wildman–Crippen LogP) is 1.95. The molecule has 0 amide bonds. The molecule has 0 unspecified atom stereocenters. The number of rotatable bonds is 4. The Kier molecular flexibility index (Phi) is 5.82. The van der Waals surface area contributed by atoms with E-state index in [9.17, 15) is 13.5 Å². The second-order valence-electron chi connectivity index (χ2n) is 8.95. The van der Waals surface area contributed by atoms with Gasteiger partial charge in [-0.2, -0.15) is 4.31 Å². The summed E-state index contributed by atoms with van der Waals surface area (Å²) in [5.74, 6) is 0.378. The van der Waals surface area contributed by atoms with E-state index in [1.807, 2.05) is 6.07 Å². The van der Waals surface area contributed by atoms with E-state index in [1.165, 1.54) is 0 Å². The van der Waals surface area contributed by atoms with Crippen LogP contribution < -0.4 is 0 Å². The molecule has 3 atom stereocenters. The third-order valence-electron chi connectivity index (χ3n) is 6.91. The van der Waals surface area contributed by atoms with Gasteiger partial charge in [0.2, 0.25) is 10.0 Å². The molecular formula is C21H32N2O4S. The fourth-order valence-corrected chi connectivity index (χ4v) is 6.33. The maximum Gasteiger partial charge on any atom is 0.243 e. The van der Waals surface area contributed by atoms with Crippen LogP contribution in [0.2, 0.25) is 0 Å². The third-order valence-corrected chi connectivity index (χ3v) is 8.83. The quantitative estimate of drug-likeness (QED) is 0.825. The van der Waals surface area contributed by atoms with Gasteiger partial charge in [-0.25, -0.2) is 8.42 Å². The van der Waals surface area contributed by atoms with Crippen molar-refractivity contribution in [1.29, 1.82) is 0 Å². The van der Waals surface area contributed by atoms with Crippen LogP contribution in [0.1, 0.15) is 32.6 Å². The lowest BCUT2D eigenvalue weighted by Crippen LogP contribution is -2.46. The highest BCUT2D eigenvalue weighted by Crippen LogP contribution is 2.43. The number of hydrogen-bond acceptors (Lipinski definition) is 5. The van der Waals surface area contributed by atoms with Gasteiger partial charge >= 0.3 is 0 Å². The SMILES string of the molecule is C[C@@H]1CCN(C[C@H]2CC3(CCN(S(=O)(=O)c4ccccc4)CC3)CO2)C[C@H]1O. The number of piperidine rings is 2. The van der Waals surface area contributed by atoms with Crippen LogP contribution in [0.25, 0.3) is 0 Å². The van der Waals surface area contributed by atoms with Crippen LogP contribution >= 0.6 is 0 Å². The summed E-state index contributed by atoms with van der Waals surface area (Å²) in [6.07, 6.45) is 3.69. The Balaban J connectivity index is 1.31. The van der Waals surface area contributed by atoms with E-state index in [2.05, 4.69) is 11.8 Å². The average molecular weight is 409 g/mol. The van der Waals surface area contributed by atoms with Gasteiger partial charge < -0.3 is 9.84 Å². The minimum absolute atomic E-state index is 0.106. The molecular weight excluding hydrogens is 376 g/mol. The molecule has 0 radical (unpaired) electrons. The molecule has 1 spiro atoms. The van der Waals surface area contributed by atoms with E-state index >= 15 is 0 Å². The van der Waals surface area contributed by atoms with Crippen molar-refractivity contribution in [3.05, 3.63) is 30.3 Å². The van der Waals surface area contributed by atoms with E-state index in [-0.39, 0.29) is 17.6 Å². The van der Waals surface area contributed by atoms with Gasteiger partial charge in [0.15, 0.2) is 0 Å². The second kappa shape index (κ2) is 8.03. The van der Waals surface area contributed by atoms with Gasteiger partial charge in [0, 0.05) is 26.2 Å². The molecule has 3 fully saturated rings. The Hall–Kier alpha value is -0.990. The number of likely N-dealkylation sites (tertiary alicyclic amines) is 1. The first-order valence-electron chi connectivity index (χ1n) is 10.5. The summed E-state index contributed by atoms with van der Waals surface area (Å²) in [5, 5.41) is 10.1. The Bertz CT molecular complexity index is 762. The molecule has 0 bridgehead atoms. The van der Waals surface area contributed by atoms with Crippen LogP contribution in [0.4, 0.5) is 0 Å². The fraction of sp³-hybridized carbons (Fsp3) is 0.714. The minimum atomic E-state index is -3.40. The second-order valence-corrected chi connectivity index (χ2v) is 10.9. The normalized spacial score (nSPS) is 32.0. The van der Waals surface area contributed by atoms with Crippen LogP contribution in [0.5, 0.6) is 0 Å². The zero-order chi connectivity index (χ0) is 19.8. The molecule has 6 nitrogen and oxygen atoms in total. The number of sulfonamides is 1. The minimum Gasteiger partial charge on any atom is -0.392 e. The molecule has 4 rings (SSSR count). The molecule has 28 heavy (non-hydrogen) atoms. The van der Waals surface area contributed by atoms with Crippen molar-refractivity contribution in [1.82, 2.24) is 9.21 Å². The topological polar surface area (TPSA) is 70.1 Å². The van der Waals surface area contributed by atoms with Crippen molar-refractivity contribution >= 4 is 10.0 Å². The van der Waals surface area contributed by atoms with Gasteiger partial charge in [-0.15, -0.1) is 0 Å². The summed E-state index contributed by atoms with van der Waals surface area (Å²) in [6.45, 7) is 6.59. The first kappa shape index (κ1) is 20.3. The zero-order valence-corrected chi connectivity index (χ0v) is 17.5. The van der Waals surface area contributed by atoms with Gasteiger partial charge in [-0.3, -0.25) is 4.90 Å². The van der Waals surface area contributed by atoms with Crippen molar-refractivity contribution in [3.8, 4) is 0 Å². The lowest BCUT2D eigenvalue weighted by atomic mass is 9.77. The third kappa shape index (κ3) is 4.14. The van der Waals surface area contributed by atoms with Crippen LogP contribution in [0, 0.1) is 11.3 Å². The number of aliphatic hydroxyl groups is 1. The van der Waals surface area contributed by atoms with Crippen LogP contribution in [-0.2, 0) is 14.8 Å². The molecule has 3 heterocycles. The van der Waals surface area contributed by atoms with Crippen molar-refractivity contribution in [3.63, 3.8) is 0 Å². The fourth-order valence-electron chi connectivity index (χ4n) is 4.87. The Labute approximate surface area is 168 Å². The number of nitrogens with zero attached hydrogens (tertiary/aromatic N) is 2. The summed E-state index contributed by atoms with van der Waals surface area (Å²) in [7, 11) is -3.40. The molecule has 3 aliphatic rings. The van der Waals surface area contributed by atoms with Crippen molar-refractivity contribution in [2.45, 2.75) is 49.7 Å². The van der Waals surface area contributed by atoms with E-state index in [1.54, 1.807) is 28.6 Å². The number of benzene rings is 1. The van der Waals surface area contributed by atoms with Crippen LogP contribution in [0.3, 0.4) is 0 Å². The van der Waals surface area contributed by atoms with Crippen LogP contribution in [-0.4, -0.2) is 74.3 Å². The predicted molar refractivity (Wildman–Crippen MR) is 107 cm³/mol. The van der Waals surface area contributed by atoms with Crippen molar-refractivity contribution in [2.75, 3.05) is 39.3 Å². The largest absolute Gasteiger partial charge is 0.392 e. The molecule has 1 aromatic rings. The lowest BCUT2D eigenvalue weighted by molar-refractivity contribution is 0.00123. The molecule has 1 N–H and O–H groups in total. The molecule has 3 aliphatic heterocycles. The summed E-state index contributed by atoms with van der Waals surface area (Å²) in [4.78, 5) is 2.70. The highest BCUT2D eigenvalue weighted by atomic mass is 32.2. The molecule has 7 heteroatoms. The summed E-state index contributed by atoms with van der Waals surface area (Å²) in [5.41, 5.74) is 0.106. The number of ether oxygens (including phenoxy) is 1. The summed E-state index contributed by atoms with van der Waals surface area (Å²) < 4.78 is 33.4. The van der Waals surface area contributed by atoms with Crippen molar-refractivity contribution in [2.24, 2.45) is 11.3 Å². The van der Waals surface area contributed by atoms with Gasteiger partial charge in [0.25, 0.3) is 0 Å².